The summed E-state index contributed by atoms with van der Waals surface area (Å²) in [5, 5.41) is 2.96. The van der Waals surface area contributed by atoms with E-state index in [9.17, 15) is 4.79 Å². The monoisotopic (exact) mass is 262 g/mol. The lowest BCUT2D eigenvalue weighted by Gasteiger charge is -2.22. The summed E-state index contributed by atoms with van der Waals surface area (Å²) in [4.78, 5) is 12.0. The SMILES string of the molecule is CC1(C(=O)NCCOc2ccc(N)cc2)CCCC1. The summed E-state index contributed by atoms with van der Waals surface area (Å²) >= 11 is 0. The molecule has 0 spiro atoms. The van der Waals surface area contributed by atoms with Crippen LogP contribution in [-0.4, -0.2) is 19.1 Å². The molecule has 4 nitrogen and oxygen atoms in total. The van der Waals surface area contributed by atoms with Gasteiger partial charge in [0.05, 0.1) is 6.54 Å². The maximum absolute atomic E-state index is 12.0. The van der Waals surface area contributed by atoms with Crippen LogP contribution in [0.2, 0.25) is 0 Å². The molecule has 1 aromatic carbocycles. The Morgan fingerprint density at radius 3 is 2.58 bits per heavy atom. The van der Waals surface area contributed by atoms with Crippen molar-refractivity contribution in [2.24, 2.45) is 5.41 Å². The summed E-state index contributed by atoms with van der Waals surface area (Å²) in [6.45, 7) is 3.07. The molecule has 1 aromatic rings. The number of benzene rings is 1. The van der Waals surface area contributed by atoms with Crippen molar-refractivity contribution >= 4 is 11.6 Å². The molecular weight excluding hydrogens is 240 g/mol. The Hall–Kier alpha value is -1.71. The first-order chi connectivity index (χ1) is 9.10. The molecule has 104 valence electrons. The standard InChI is InChI=1S/C15H22N2O2/c1-15(8-2-3-9-15)14(18)17-10-11-19-13-6-4-12(16)5-7-13/h4-7H,2-3,8-11,16H2,1H3,(H,17,18). The van der Waals surface area contributed by atoms with Crippen molar-refractivity contribution in [3.05, 3.63) is 24.3 Å². The van der Waals surface area contributed by atoms with Crippen molar-refractivity contribution in [2.75, 3.05) is 18.9 Å². The molecule has 19 heavy (non-hydrogen) atoms. The highest BCUT2D eigenvalue weighted by molar-refractivity contribution is 5.82. The number of nitrogens with one attached hydrogen (secondary N) is 1. The maximum Gasteiger partial charge on any atom is 0.226 e. The highest BCUT2D eigenvalue weighted by atomic mass is 16.5. The fourth-order valence-corrected chi connectivity index (χ4v) is 2.49. The fourth-order valence-electron chi connectivity index (χ4n) is 2.49. The van der Waals surface area contributed by atoms with Crippen LogP contribution in [0.5, 0.6) is 5.75 Å². The van der Waals surface area contributed by atoms with Gasteiger partial charge in [0.25, 0.3) is 0 Å². The second kappa shape index (κ2) is 5.95. The second-order valence-electron chi connectivity index (χ2n) is 5.44. The smallest absolute Gasteiger partial charge is 0.226 e. The molecule has 1 aliphatic rings. The van der Waals surface area contributed by atoms with Gasteiger partial charge in [-0.25, -0.2) is 0 Å². The molecule has 0 saturated heterocycles. The number of carbonyl (C=O) groups is 1. The zero-order valence-electron chi connectivity index (χ0n) is 11.4. The number of anilines is 1. The second-order valence-corrected chi connectivity index (χ2v) is 5.44. The first-order valence-corrected chi connectivity index (χ1v) is 6.87. The van der Waals surface area contributed by atoms with E-state index in [0.29, 0.717) is 13.2 Å². The minimum absolute atomic E-state index is 0.158. The quantitative estimate of drug-likeness (QED) is 0.632. The Labute approximate surface area is 114 Å². The Morgan fingerprint density at radius 2 is 1.95 bits per heavy atom. The molecule has 0 aromatic heterocycles. The number of ether oxygens (including phenoxy) is 1. The minimum atomic E-state index is -0.165. The van der Waals surface area contributed by atoms with Gasteiger partial charge in [-0.1, -0.05) is 19.8 Å². The summed E-state index contributed by atoms with van der Waals surface area (Å²) in [6.07, 6.45) is 4.31. The van der Waals surface area contributed by atoms with Crippen molar-refractivity contribution in [2.45, 2.75) is 32.6 Å². The minimum Gasteiger partial charge on any atom is -0.492 e. The van der Waals surface area contributed by atoms with Gasteiger partial charge in [0, 0.05) is 11.1 Å². The molecule has 4 heteroatoms. The van der Waals surface area contributed by atoms with E-state index in [4.69, 9.17) is 10.5 Å². The van der Waals surface area contributed by atoms with Crippen LogP contribution in [0.15, 0.2) is 24.3 Å². The molecule has 1 amide bonds. The maximum atomic E-state index is 12.0. The van der Waals surface area contributed by atoms with E-state index in [1.54, 1.807) is 12.1 Å². The molecular formula is C15H22N2O2. The Balaban J connectivity index is 1.69. The van der Waals surface area contributed by atoms with Gasteiger partial charge in [0.15, 0.2) is 0 Å². The number of nitrogens with two attached hydrogens (primary N) is 1. The van der Waals surface area contributed by atoms with Gasteiger partial charge in [-0.05, 0) is 37.1 Å². The van der Waals surface area contributed by atoms with Crippen LogP contribution < -0.4 is 15.8 Å². The third-order valence-electron chi connectivity index (χ3n) is 3.79. The van der Waals surface area contributed by atoms with Gasteiger partial charge in [-0.15, -0.1) is 0 Å². The van der Waals surface area contributed by atoms with E-state index in [0.717, 1.165) is 37.1 Å². The fraction of sp³-hybridized carbons (Fsp3) is 0.533. The Morgan fingerprint density at radius 1 is 1.32 bits per heavy atom. The average molecular weight is 262 g/mol. The predicted molar refractivity (Wildman–Crippen MR) is 75.9 cm³/mol. The van der Waals surface area contributed by atoms with Gasteiger partial charge in [0.1, 0.15) is 12.4 Å². The van der Waals surface area contributed by atoms with Crippen molar-refractivity contribution in [1.82, 2.24) is 5.32 Å². The van der Waals surface area contributed by atoms with E-state index in [2.05, 4.69) is 12.2 Å². The lowest BCUT2D eigenvalue weighted by atomic mass is 9.88. The molecule has 1 saturated carbocycles. The first-order valence-electron chi connectivity index (χ1n) is 6.87. The van der Waals surface area contributed by atoms with Crippen LogP contribution in [-0.2, 0) is 4.79 Å². The lowest BCUT2D eigenvalue weighted by Crippen LogP contribution is -2.39. The summed E-state index contributed by atoms with van der Waals surface area (Å²) in [7, 11) is 0. The zero-order valence-corrected chi connectivity index (χ0v) is 11.4. The number of hydrogen-bond acceptors (Lipinski definition) is 3. The van der Waals surface area contributed by atoms with Crippen molar-refractivity contribution in [3.8, 4) is 5.75 Å². The van der Waals surface area contributed by atoms with Crippen LogP contribution in [0.1, 0.15) is 32.6 Å². The summed E-state index contributed by atoms with van der Waals surface area (Å²) in [6, 6.07) is 7.26. The van der Waals surface area contributed by atoms with Crippen molar-refractivity contribution in [1.29, 1.82) is 0 Å². The number of amides is 1. The largest absolute Gasteiger partial charge is 0.492 e. The highest BCUT2D eigenvalue weighted by Crippen LogP contribution is 2.37. The first kappa shape index (κ1) is 13.7. The molecule has 1 aliphatic carbocycles. The van der Waals surface area contributed by atoms with Crippen LogP contribution >= 0.6 is 0 Å². The average Bonchev–Trinajstić information content (AvgIpc) is 2.85. The van der Waals surface area contributed by atoms with Gasteiger partial charge in [0.2, 0.25) is 5.91 Å². The number of nitrogen functional groups attached to an aromatic ring is 1. The van der Waals surface area contributed by atoms with E-state index in [1.165, 1.54) is 0 Å². The Kier molecular flexibility index (Phi) is 4.30. The molecule has 2 rings (SSSR count). The zero-order chi connectivity index (χ0) is 13.7. The van der Waals surface area contributed by atoms with Crippen molar-refractivity contribution < 1.29 is 9.53 Å². The molecule has 0 bridgehead atoms. The molecule has 3 N–H and O–H groups in total. The third kappa shape index (κ3) is 3.63. The van der Waals surface area contributed by atoms with Crippen LogP contribution in [0.4, 0.5) is 5.69 Å². The number of rotatable bonds is 5. The highest BCUT2D eigenvalue weighted by Gasteiger charge is 2.35. The van der Waals surface area contributed by atoms with E-state index in [1.807, 2.05) is 12.1 Å². The van der Waals surface area contributed by atoms with E-state index in [-0.39, 0.29) is 11.3 Å². The van der Waals surface area contributed by atoms with Gasteiger partial charge in [-0.3, -0.25) is 4.79 Å². The lowest BCUT2D eigenvalue weighted by molar-refractivity contribution is -0.130. The molecule has 0 heterocycles. The number of hydrogen-bond donors (Lipinski definition) is 2. The molecule has 0 aliphatic heterocycles. The van der Waals surface area contributed by atoms with Crippen LogP contribution in [0, 0.1) is 5.41 Å². The predicted octanol–water partition coefficient (Wildman–Crippen LogP) is 2.34. The van der Waals surface area contributed by atoms with E-state index < -0.39 is 0 Å². The summed E-state index contributed by atoms with van der Waals surface area (Å²) < 4.78 is 5.54. The van der Waals surface area contributed by atoms with Gasteiger partial charge < -0.3 is 15.8 Å². The molecule has 0 atom stereocenters. The van der Waals surface area contributed by atoms with Crippen LogP contribution in [0.25, 0.3) is 0 Å². The van der Waals surface area contributed by atoms with Crippen LogP contribution in [0.3, 0.4) is 0 Å². The van der Waals surface area contributed by atoms with Crippen molar-refractivity contribution in [3.63, 3.8) is 0 Å². The summed E-state index contributed by atoms with van der Waals surface area (Å²) in [5.74, 6) is 0.932. The Bertz CT molecular complexity index is 422. The molecule has 1 fully saturated rings. The third-order valence-corrected chi connectivity index (χ3v) is 3.79. The summed E-state index contributed by atoms with van der Waals surface area (Å²) in [5.41, 5.74) is 6.15. The van der Waals surface area contributed by atoms with Gasteiger partial charge >= 0.3 is 0 Å². The van der Waals surface area contributed by atoms with E-state index >= 15 is 0 Å². The number of carbonyl (C=O) groups excluding carboxylic acids is 1. The molecule has 0 unspecified atom stereocenters. The normalized spacial score (nSPS) is 17.1. The topological polar surface area (TPSA) is 64.3 Å². The molecule has 0 radical (unpaired) electrons. The van der Waals surface area contributed by atoms with Gasteiger partial charge in [-0.2, -0.15) is 0 Å².